The van der Waals surface area contributed by atoms with Crippen molar-refractivity contribution in [1.82, 2.24) is 14.6 Å². The van der Waals surface area contributed by atoms with Crippen molar-refractivity contribution >= 4 is 44.4 Å². The monoisotopic (exact) mass is 809 g/mol. The van der Waals surface area contributed by atoms with Crippen molar-refractivity contribution in [3.63, 3.8) is 0 Å². The van der Waals surface area contributed by atoms with Crippen LogP contribution in [0.5, 0.6) is 11.6 Å². The predicted molar refractivity (Wildman–Crippen MR) is 214 cm³/mol. The van der Waals surface area contributed by atoms with Gasteiger partial charge < -0.3 is 23.8 Å². The van der Waals surface area contributed by atoms with Gasteiger partial charge in [0, 0.05) is 30.7 Å². The van der Waals surface area contributed by atoms with Crippen LogP contribution < -0.4 is 14.2 Å². The molecule has 2 aromatic rings. The van der Waals surface area contributed by atoms with E-state index in [4.69, 9.17) is 18.9 Å². The number of allylic oxidation sites excluding steroid dienone is 2. The maximum Gasteiger partial charge on any atom is 0.307 e. The van der Waals surface area contributed by atoms with Crippen molar-refractivity contribution in [3.8, 4) is 11.6 Å². The lowest BCUT2D eigenvalue weighted by Gasteiger charge is -2.32. The number of esters is 1. The molecule has 1 aromatic heterocycles. The second-order valence-electron chi connectivity index (χ2n) is 18.0. The molecule has 0 radical (unpaired) electrons. The summed E-state index contributed by atoms with van der Waals surface area (Å²) in [7, 11) is -2.36. The minimum absolute atomic E-state index is 0.0414. The van der Waals surface area contributed by atoms with Gasteiger partial charge in [0.25, 0.3) is 0 Å². The maximum atomic E-state index is 14.9. The molecule has 6 rings (SSSR count). The Bertz CT molecular complexity index is 1990. The minimum atomic E-state index is -3.96. The van der Waals surface area contributed by atoms with Crippen molar-refractivity contribution in [2.24, 2.45) is 29.1 Å². The summed E-state index contributed by atoms with van der Waals surface area (Å²) in [5.74, 6) is -2.16. The Balaban J connectivity index is 1.34. The number of fused-ring (bicyclic) bond motifs is 3. The van der Waals surface area contributed by atoms with Crippen molar-refractivity contribution < 1.29 is 46.5 Å². The van der Waals surface area contributed by atoms with E-state index in [1.165, 1.54) is 4.90 Å². The molecule has 312 valence electrons. The Hall–Kier alpha value is -4.04. The third-order valence-corrected chi connectivity index (χ3v) is 14.3. The van der Waals surface area contributed by atoms with Gasteiger partial charge in [0.1, 0.15) is 24.1 Å². The Kier molecular flexibility index (Phi) is 12.5. The minimum Gasteiger partial charge on any atom is -0.489 e. The van der Waals surface area contributed by atoms with Crippen molar-refractivity contribution in [2.75, 3.05) is 26.9 Å². The van der Waals surface area contributed by atoms with Gasteiger partial charge >= 0.3 is 5.97 Å². The molecule has 0 spiro atoms. The number of Topliss-reactive ketones (excluding diaryl/α,β-unsaturated/α-hetero) is 1. The van der Waals surface area contributed by atoms with Crippen LogP contribution in [0.15, 0.2) is 42.6 Å². The van der Waals surface area contributed by atoms with Crippen LogP contribution in [0.3, 0.4) is 0 Å². The van der Waals surface area contributed by atoms with Crippen LogP contribution in [0.25, 0.3) is 10.8 Å². The van der Waals surface area contributed by atoms with Gasteiger partial charge in [-0.1, -0.05) is 44.2 Å². The zero-order valence-corrected chi connectivity index (χ0v) is 35.2. The van der Waals surface area contributed by atoms with E-state index in [1.807, 2.05) is 43.3 Å². The summed E-state index contributed by atoms with van der Waals surface area (Å²) in [4.78, 5) is 63.1. The molecule has 2 amide bonds. The lowest BCUT2D eigenvalue weighted by Crippen LogP contribution is -2.48. The maximum absolute atomic E-state index is 14.9. The number of nitrogens with one attached hydrogen (secondary N) is 1. The number of benzene rings is 1. The van der Waals surface area contributed by atoms with Crippen LogP contribution in [-0.2, 0) is 38.7 Å². The molecule has 3 fully saturated rings. The average Bonchev–Trinajstić information content (AvgIpc) is 4.02. The molecule has 57 heavy (non-hydrogen) atoms. The van der Waals surface area contributed by atoms with E-state index in [0.717, 1.165) is 11.8 Å². The summed E-state index contributed by atoms with van der Waals surface area (Å²) < 4.78 is 51.1. The number of ether oxygens (including phenoxy) is 4. The highest BCUT2D eigenvalue weighted by molar-refractivity contribution is 7.91. The molecule has 1 aromatic carbocycles. The molecule has 2 aliphatic carbocycles. The van der Waals surface area contributed by atoms with Gasteiger partial charge in [-0.05, 0) is 90.0 Å². The van der Waals surface area contributed by atoms with E-state index in [-0.39, 0.29) is 55.3 Å². The second kappa shape index (κ2) is 16.7. The molecule has 13 nitrogen and oxygen atoms in total. The van der Waals surface area contributed by atoms with Crippen molar-refractivity contribution in [1.29, 1.82) is 0 Å². The first-order valence-electron chi connectivity index (χ1n) is 20.3. The molecule has 1 N–H and O–H groups in total. The highest BCUT2D eigenvalue weighted by Crippen LogP contribution is 2.57. The van der Waals surface area contributed by atoms with Crippen LogP contribution in [0.4, 0.5) is 0 Å². The normalized spacial score (nSPS) is 29.6. The van der Waals surface area contributed by atoms with Gasteiger partial charge in [-0.3, -0.25) is 23.9 Å². The van der Waals surface area contributed by atoms with Gasteiger partial charge in [0.15, 0.2) is 5.78 Å². The summed E-state index contributed by atoms with van der Waals surface area (Å²) >= 11 is 0. The first-order chi connectivity index (χ1) is 26.9. The lowest BCUT2D eigenvalue weighted by molar-refractivity contribution is -0.160. The summed E-state index contributed by atoms with van der Waals surface area (Å²) in [5, 5.41) is 1.46. The number of sulfonamides is 1. The molecular weight excluding hydrogens is 751 g/mol. The topological polar surface area (TPSA) is 167 Å². The molecule has 0 bridgehead atoms. The van der Waals surface area contributed by atoms with Gasteiger partial charge in [-0.15, -0.1) is 0 Å². The quantitative estimate of drug-likeness (QED) is 0.162. The van der Waals surface area contributed by atoms with E-state index < -0.39 is 55.7 Å². The highest BCUT2D eigenvalue weighted by atomic mass is 32.2. The summed E-state index contributed by atoms with van der Waals surface area (Å²) in [5.41, 5.74) is -2.03. The van der Waals surface area contributed by atoms with E-state index in [9.17, 15) is 27.6 Å². The molecule has 1 saturated heterocycles. The molecule has 14 heteroatoms. The third-order valence-electron chi connectivity index (χ3n) is 12.1. The molecule has 0 unspecified atom stereocenters. The van der Waals surface area contributed by atoms with Gasteiger partial charge in [-0.2, -0.15) is 0 Å². The zero-order valence-electron chi connectivity index (χ0n) is 34.4. The van der Waals surface area contributed by atoms with Gasteiger partial charge in [0.2, 0.25) is 27.7 Å². The Morgan fingerprint density at radius 2 is 1.77 bits per heavy atom. The summed E-state index contributed by atoms with van der Waals surface area (Å²) in [6, 6.07) is 6.52. The van der Waals surface area contributed by atoms with E-state index in [0.29, 0.717) is 62.3 Å². The van der Waals surface area contributed by atoms with Crippen LogP contribution in [-0.4, -0.2) is 91.2 Å². The van der Waals surface area contributed by atoms with Crippen LogP contribution in [0.2, 0.25) is 0 Å². The number of hydrogen-bond donors (Lipinski definition) is 1. The Labute approximate surface area is 336 Å². The van der Waals surface area contributed by atoms with Gasteiger partial charge in [0.05, 0.1) is 47.9 Å². The highest BCUT2D eigenvalue weighted by Gasteiger charge is 2.62. The first kappa shape index (κ1) is 42.6. The number of rotatable bonds is 11. The third kappa shape index (κ3) is 9.64. The van der Waals surface area contributed by atoms with E-state index in [1.54, 1.807) is 41.0 Å². The Morgan fingerprint density at radius 1 is 1.05 bits per heavy atom. The van der Waals surface area contributed by atoms with Gasteiger partial charge in [-0.25, -0.2) is 13.4 Å². The van der Waals surface area contributed by atoms with Crippen LogP contribution in [0.1, 0.15) is 99.3 Å². The number of ketones is 1. The standard InChI is InChI=1S/C43H59N3O10S/c1-27-12-8-9-13-29-23-43(29,40(50)45-57(51,52)42(6)16-17-42)24-35(47)34-21-30(26-46(34)39(49)33(28(2)20-27)22-37(48)56-41(3,4)5)55-38-32-15-11-10-14-31(32)36(25-44-38)54-19-18-53-7/h9-11,13-15,25,27-30,33-34H,8,12,16-24,26H2,1-7H3,(H,45,50)/b13-9-/t27-,28+,29+,30+,33-,34-,43+/m0/s1. The van der Waals surface area contributed by atoms with E-state index in [2.05, 4.69) is 16.6 Å². The fourth-order valence-electron chi connectivity index (χ4n) is 8.39. The summed E-state index contributed by atoms with van der Waals surface area (Å²) in [6.45, 7) is 11.8. The Morgan fingerprint density at radius 3 is 2.46 bits per heavy atom. The second-order valence-corrected chi connectivity index (χ2v) is 20.2. The fourth-order valence-corrected chi connectivity index (χ4v) is 9.72. The zero-order chi connectivity index (χ0) is 41.3. The number of methoxy groups -OCH3 is 1. The number of amides is 2. The number of carbonyl (C=O) groups excluding carboxylic acids is 4. The fraction of sp³-hybridized carbons (Fsp3) is 0.651. The number of hydrogen-bond acceptors (Lipinski definition) is 11. The number of carbonyl (C=O) groups is 4. The first-order valence-corrected chi connectivity index (χ1v) is 21.8. The number of nitrogens with zero attached hydrogens (tertiary/aromatic N) is 2. The van der Waals surface area contributed by atoms with Crippen molar-refractivity contribution in [2.45, 2.75) is 122 Å². The average molecular weight is 810 g/mol. The molecule has 3 heterocycles. The number of pyridine rings is 1. The SMILES string of the molecule is COCCOc1cnc(O[C@@H]2C[C@H]3C(=O)C[C@]4(C(=O)NS(=O)(=O)C5(C)CC5)C[C@H]4/C=C\CC[C@H](C)C[C@@H](C)[C@H](CC(=O)OC(C)(C)C)C(=O)N3C2)c2ccccc12. The summed E-state index contributed by atoms with van der Waals surface area (Å²) in [6.07, 6.45) is 8.01. The smallest absolute Gasteiger partial charge is 0.307 e. The molecule has 7 atom stereocenters. The molecule has 4 aliphatic rings. The lowest BCUT2D eigenvalue weighted by atomic mass is 9.82. The van der Waals surface area contributed by atoms with Crippen LogP contribution >= 0.6 is 0 Å². The van der Waals surface area contributed by atoms with Crippen molar-refractivity contribution in [3.05, 3.63) is 42.6 Å². The molecular formula is C43H59N3O10S. The predicted octanol–water partition coefficient (Wildman–Crippen LogP) is 5.93. The molecule has 2 aliphatic heterocycles. The largest absolute Gasteiger partial charge is 0.489 e. The molecule has 2 saturated carbocycles. The van der Waals surface area contributed by atoms with Crippen LogP contribution in [0, 0.1) is 29.1 Å². The van der Waals surface area contributed by atoms with E-state index >= 15 is 0 Å². The number of aromatic nitrogens is 1.